The summed E-state index contributed by atoms with van der Waals surface area (Å²) >= 11 is 0. The third-order valence-electron chi connectivity index (χ3n) is 2.77. The highest BCUT2D eigenvalue weighted by atomic mass is 16.3. The Hall–Kier alpha value is -2.28. The predicted octanol–water partition coefficient (Wildman–Crippen LogP) is 3.81. The summed E-state index contributed by atoms with van der Waals surface area (Å²) in [7, 11) is 0. The summed E-state index contributed by atoms with van der Waals surface area (Å²) in [6.45, 7) is 0. The number of fused-ring (bicyclic) bond motifs is 1. The lowest BCUT2D eigenvalue weighted by atomic mass is 10.0. The molecular formula is C16H10O. The maximum atomic E-state index is 9.26. The summed E-state index contributed by atoms with van der Waals surface area (Å²) in [5.41, 5.74) is 2.02. The lowest BCUT2D eigenvalue weighted by Gasteiger charge is -2.03. The van der Waals surface area contributed by atoms with Gasteiger partial charge in [0.1, 0.15) is 5.75 Å². The Labute approximate surface area is 100.0 Å². The summed E-state index contributed by atoms with van der Waals surface area (Å²) in [5.74, 6) is 0.276. The van der Waals surface area contributed by atoms with E-state index in [9.17, 15) is 5.11 Å². The van der Waals surface area contributed by atoms with Crippen LogP contribution in [0.15, 0.2) is 54.6 Å². The fraction of sp³-hybridized carbons (Fsp3) is 0. The normalized spacial score (nSPS) is 10.6. The van der Waals surface area contributed by atoms with Crippen LogP contribution in [-0.4, -0.2) is 5.11 Å². The molecule has 0 atom stereocenters. The molecule has 1 nitrogen and oxygen atoms in total. The number of phenols is 1. The molecule has 17 heavy (non-hydrogen) atoms. The average molecular weight is 218 g/mol. The van der Waals surface area contributed by atoms with Crippen molar-refractivity contribution >= 4 is 10.8 Å². The van der Waals surface area contributed by atoms with Gasteiger partial charge in [-0.15, -0.1) is 0 Å². The standard InChI is InChI=1S/C16H10O/c17-16-9-7-13(8-10-16)15-6-5-12-3-1-2-4-14(12)11-15/h1-4,7-11,17H. The van der Waals surface area contributed by atoms with E-state index in [0.29, 0.717) is 0 Å². The number of aromatic hydroxyl groups is 1. The first kappa shape index (κ1) is 9.91. The zero-order valence-corrected chi connectivity index (χ0v) is 9.14. The number of rotatable bonds is 1. The van der Waals surface area contributed by atoms with Gasteiger partial charge in [0.25, 0.3) is 0 Å². The molecule has 0 aliphatic heterocycles. The van der Waals surface area contributed by atoms with Gasteiger partial charge in [0, 0.05) is 0 Å². The summed E-state index contributed by atoms with van der Waals surface area (Å²) in [6.07, 6.45) is 0. The first-order valence-electron chi connectivity index (χ1n) is 5.45. The molecule has 1 heteroatoms. The van der Waals surface area contributed by atoms with E-state index >= 15 is 0 Å². The van der Waals surface area contributed by atoms with Crippen LogP contribution in [0.3, 0.4) is 0 Å². The Morgan fingerprint density at radius 1 is 0.824 bits per heavy atom. The molecule has 0 aliphatic rings. The molecule has 0 heterocycles. The van der Waals surface area contributed by atoms with Gasteiger partial charge in [-0.2, -0.15) is 0 Å². The van der Waals surface area contributed by atoms with Crippen LogP contribution in [0.5, 0.6) is 5.75 Å². The Morgan fingerprint density at radius 2 is 1.59 bits per heavy atom. The maximum Gasteiger partial charge on any atom is 0.115 e. The minimum Gasteiger partial charge on any atom is -0.508 e. The second-order valence-electron chi connectivity index (χ2n) is 3.94. The molecule has 0 spiro atoms. The number of hydrogen-bond donors (Lipinski definition) is 1. The van der Waals surface area contributed by atoms with Crippen molar-refractivity contribution in [3.05, 3.63) is 66.7 Å². The fourth-order valence-electron chi connectivity index (χ4n) is 1.86. The Kier molecular flexibility index (Phi) is 2.30. The van der Waals surface area contributed by atoms with Gasteiger partial charge < -0.3 is 5.11 Å². The van der Waals surface area contributed by atoms with E-state index in [4.69, 9.17) is 0 Å². The SMILES string of the molecule is Oc1ccc(-c2[c][c]c3ccccc3c2)cc1. The molecule has 0 aromatic heterocycles. The first-order valence-corrected chi connectivity index (χ1v) is 5.45. The van der Waals surface area contributed by atoms with Gasteiger partial charge >= 0.3 is 0 Å². The molecule has 2 radical (unpaired) electrons. The Balaban J connectivity index is 2.14. The largest absolute Gasteiger partial charge is 0.508 e. The molecule has 3 aromatic rings. The van der Waals surface area contributed by atoms with Crippen molar-refractivity contribution in [1.29, 1.82) is 0 Å². The highest BCUT2D eigenvalue weighted by molar-refractivity contribution is 5.86. The highest BCUT2D eigenvalue weighted by Crippen LogP contribution is 2.24. The second kappa shape index (κ2) is 3.95. The molecule has 1 N–H and O–H groups in total. The van der Waals surface area contributed by atoms with Gasteiger partial charge in [0.05, 0.1) is 0 Å². The van der Waals surface area contributed by atoms with Crippen LogP contribution >= 0.6 is 0 Å². The molecule has 0 saturated carbocycles. The third-order valence-corrected chi connectivity index (χ3v) is 2.77. The van der Waals surface area contributed by atoms with Crippen molar-refractivity contribution in [2.75, 3.05) is 0 Å². The monoisotopic (exact) mass is 218 g/mol. The lowest BCUT2D eigenvalue weighted by molar-refractivity contribution is 0.475. The van der Waals surface area contributed by atoms with Crippen LogP contribution in [0, 0.1) is 12.1 Å². The Bertz CT molecular complexity index is 654. The number of phenolic OH excluding ortho intramolecular Hbond substituents is 1. The Morgan fingerprint density at radius 3 is 2.41 bits per heavy atom. The van der Waals surface area contributed by atoms with Crippen molar-refractivity contribution in [3.8, 4) is 16.9 Å². The van der Waals surface area contributed by atoms with E-state index < -0.39 is 0 Å². The minimum atomic E-state index is 0.276. The van der Waals surface area contributed by atoms with Crippen LogP contribution < -0.4 is 0 Å². The molecule has 0 aliphatic carbocycles. The lowest BCUT2D eigenvalue weighted by Crippen LogP contribution is -1.79. The number of hydrogen-bond acceptors (Lipinski definition) is 1. The van der Waals surface area contributed by atoms with Gasteiger partial charge in [0.15, 0.2) is 0 Å². The van der Waals surface area contributed by atoms with E-state index in [1.165, 1.54) is 0 Å². The van der Waals surface area contributed by atoms with Crippen molar-refractivity contribution in [2.24, 2.45) is 0 Å². The van der Waals surface area contributed by atoms with Gasteiger partial charge in [-0.1, -0.05) is 36.4 Å². The molecule has 80 valence electrons. The van der Waals surface area contributed by atoms with Gasteiger partial charge in [-0.25, -0.2) is 0 Å². The first-order chi connectivity index (χ1) is 8.33. The van der Waals surface area contributed by atoms with E-state index in [-0.39, 0.29) is 5.75 Å². The van der Waals surface area contributed by atoms with E-state index in [1.807, 2.05) is 30.3 Å². The topological polar surface area (TPSA) is 20.2 Å². The molecular weight excluding hydrogens is 208 g/mol. The summed E-state index contributed by atoms with van der Waals surface area (Å²) in [5, 5.41) is 11.5. The zero-order chi connectivity index (χ0) is 11.7. The molecule has 3 rings (SSSR count). The molecule has 0 fully saturated rings. The fourth-order valence-corrected chi connectivity index (χ4v) is 1.86. The molecule has 0 bridgehead atoms. The quantitative estimate of drug-likeness (QED) is 0.658. The van der Waals surface area contributed by atoms with Crippen LogP contribution in [0.1, 0.15) is 0 Å². The van der Waals surface area contributed by atoms with Gasteiger partial charge in [0.2, 0.25) is 0 Å². The van der Waals surface area contributed by atoms with Crippen molar-refractivity contribution in [2.45, 2.75) is 0 Å². The summed E-state index contributed by atoms with van der Waals surface area (Å²) in [6, 6.07) is 23.6. The van der Waals surface area contributed by atoms with Gasteiger partial charge in [-0.3, -0.25) is 0 Å². The van der Waals surface area contributed by atoms with Crippen molar-refractivity contribution in [1.82, 2.24) is 0 Å². The minimum absolute atomic E-state index is 0.276. The van der Waals surface area contributed by atoms with E-state index in [1.54, 1.807) is 12.1 Å². The number of benzene rings is 3. The van der Waals surface area contributed by atoms with Crippen molar-refractivity contribution in [3.63, 3.8) is 0 Å². The molecule has 0 amide bonds. The van der Waals surface area contributed by atoms with Crippen LogP contribution in [0.4, 0.5) is 0 Å². The summed E-state index contributed by atoms with van der Waals surface area (Å²) in [4.78, 5) is 0. The molecule has 3 aromatic carbocycles. The predicted molar refractivity (Wildman–Crippen MR) is 68.7 cm³/mol. The third kappa shape index (κ3) is 1.87. The highest BCUT2D eigenvalue weighted by Gasteiger charge is 2.00. The van der Waals surface area contributed by atoms with E-state index in [0.717, 1.165) is 21.9 Å². The molecule has 0 unspecified atom stereocenters. The molecule has 0 saturated heterocycles. The average Bonchev–Trinajstić information content (AvgIpc) is 2.39. The zero-order valence-electron chi connectivity index (χ0n) is 9.14. The summed E-state index contributed by atoms with van der Waals surface area (Å²) < 4.78 is 0. The van der Waals surface area contributed by atoms with Crippen LogP contribution in [-0.2, 0) is 0 Å². The maximum absolute atomic E-state index is 9.26. The van der Waals surface area contributed by atoms with Crippen LogP contribution in [0.2, 0.25) is 0 Å². The van der Waals surface area contributed by atoms with Crippen LogP contribution in [0.25, 0.3) is 21.9 Å². The second-order valence-corrected chi connectivity index (χ2v) is 3.94. The van der Waals surface area contributed by atoms with Crippen molar-refractivity contribution < 1.29 is 5.11 Å². The smallest absolute Gasteiger partial charge is 0.115 e. The van der Waals surface area contributed by atoms with Gasteiger partial charge in [-0.05, 0) is 52.2 Å². The van der Waals surface area contributed by atoms with E-state index in [2.05, 4.69) is 24.3 Å².